The van der Waals surface area contributed by atoms with Gasteiger partial charge in [-0.05, 0) is 24.3 Å². The van der Waals surface area contributed by atoms with Crippen LogP contribution in [-0.4, -0.2) is 31.9 Å². The number of benzene rings is 1. The van der Waals surface area contributed by atoms with Crippen LogP contribution < -0.4 is 5.32 Å². The summed E-state index contributed by atoms with van der Waals surface area (Å²) in [5.74, 6) is 0.868. The molecule has 29 heavy (non-hydrogen) atoms. The number of carbonyl (C=O) groups is 2. The first-order valence-corrected chi connectivity index (χ1v) is 9.55. The minimum absolute atomic E-state index is 0.0430. The molecule has 0 bridgehead atoms. The normalized spacial score (nSPS) is 13.1. The van der Waals surface area contributed by atoms with E-state index >= 15 is 0 Å². The molecule has 2 aromatic heterocycles. The number of carboxylic acids is 1. The summed E-state index contributed by atoms with van der Waals surface area (Å²) in [7, 11) is 0. The monoisotopic (exact) mass is 390 g/mol. The van der Waals surface area contributed by atoms with Gasteiger partial charge in [0, 0.05) is 6.20 Å². The minimum atomic E-state index is -1.10. The van der Waals surface area contributed by atoms with Crippen molar-refractivity contribution in [3.8, 4) is 12.3 Å². The van der Waals surface area contributed by atoms with E-state index in [0.717, 1.165) is 0 Å². The van der Waals surface area contributed by atoms with Crippen LogP contribution in [0.3, 0.4) is 0 Å². The zero-order valence-electron chi connectivity index (χ0n) is 15.9. The molecule has 3 N–H and O–H groups in total. The number of H-pyrrole nitrogens is 1. The summed E-state index contributed by atoms with van der Waals surface area (Å²) in [5.41, 5.74) is 1.24. The summed E-state index contributed by atoms with van der Waals surface area (Å²) in [6, 6.07) is 7.92. The van der Waals surface area contributed by atoms with Crippen LogP contribution in [-0.2, 0) is 0 Å². The third kappa shape index (κ3) is 4.99. The van der Waals surface area contributed by atoms with Crippen LogP contribution in [0.4, 0.5) is 5.95 Å². The Balaban J connectivity index is 0.000000343. The van der Waals surface area contributed by atoms with Gasteiger partial charge in [0.05, 0.1) is 16.6 Å². The van der Waals surface area contributed by atoms with Crippen LogP contribution in [0.5, 0.6) is 0 Å². The average molecular weight is 390 g/mol. The van der Waals surface area contributed by atoms with Crippen LogP contribution in [0.25, 0.3) is 11.0 Å². The molecule has 7 heteroatoms. The van der Waals surface area contributed by atoms with Crippen molar-refractivity contribution in [2.75, 3.05) is 5.32 Å². The van der Waals surface area contributed by atoms with Gasteiger partial charge < -0.3 is 10.1 Å². The van der Waals surface area contributed by atoms with Gasteiger partial charge in [0.1, 0.15) is 11.2 Å². The Morgan fingerprint density at radius 3 is 2.38 bits per heavy atom. The number of terminal acetylenes is 1. The van der Waals surface area contributed by atoms with Crippen LogP contribution in [0.15, 0.2) is 36.5 Å². The summed E-state index contributed by atoms with van der Waals surface area (Å²) in [6.45, 7) is 0. The van der Waals surface area contributed by atoms with E-state index in [4.69, 9.17) is 11.5 Å². The highest BCUT2D eigenvalue weighted by Gasteiger charge is 2.16. The van der Waals surface area contributed by atoms with Crippen molar-refractivity contribution in [1.82, 2.24) is 15.0 Å². The molecular formula is C22H22N4O3. The molecule has 4 rings (SSSR count). The molecule has 148 valence electrons. The van der Waals surface area contributed by atoms with Gasteiger partial charge in [0.2, 0.25) is 5.95 Å². The maximum atomic E-state index is 12.2. The fourth-order valence-electron chi connectivity index (χ4n) is 3.19. The molecule has 1 aromatic carbocycles. The zero-order chi connectivity index (χ0) is 20.6. The largest absolute Gasteiger partial charge is 0.478 e. The predicted molar refractivity (Wildman–Crippen MR) is 111 cm³/mol. The SMILES string of the molecule is C#Cc1cccnc1C(=O)Nc1nc2c(C(=O)O)cccc2[nH]1.C1CCCCC1. The quantitative estimate of drug-likeness (QED) is 0.580. The molecule has 1 aliphatic rings. The molecule has 1 saturated carbocycles. The van der Waals surface area contributed by atoms with E-state index in [9.17, 15) is 9.59 Å². The summed E-state index contributed by atoms with van der Waals surface area (Å²) in [4.78, 5) is 34.3. The van der Waals surface area contributed by atoms with E-state index in [-0.39, 0.29) is 22.7 Å². The number of anilines is 1. The van der Waals surface area contributed by atoms with Crippen LogP contribution in [0, 0.1) is 12.3 Å². The molecule has 0 unspecified atom stereocenters. The topological polar surface area (TPSA) is 108 Å². The highest BCUT2D eigenvalue weighted by molar-refractivity contribution is 6.05. The van der Waals surface area contributed by atoms with Gasteiger partial charge in [0.15, 0.2) is 0 Å². The molecular weight excluding hydrogens is 368 g/mol. The number of aromatic carboxylic acids is 1. The van der Waals surface area contributed by atoms with Crippen LogP contribution >= 0.6 is 0 Å². The van der Waals surface area contributed by atoms with Gasteiger partial charge in [-0.1, -0.05) is 50.5 Å². The molecule has 2 heterocycles. The van der Waals surface area contributed by atoms with Gasteiger partial charge in [0.25, 0.3) is 5.91 Å². The molecule has 0 atom stereocenters. The van der Waals surface area contributed by atoms with Crippen molar-refractivity contribution in [2.24, 2.45) is 0 Å². The third-order valence-electron chi connectivity index (χ3n) is 4.65. The second-order valence-electron chi connectivity index (χ2n) is 6.71. The van der Waals surface area contributed by atoms with E-state index in [2.05, 4.69) is 26.2 Å². The lowest BCUT2D eigenvalue weighted by molar-refractivity contribution is 0.0698. The molecule has 0 aliphatic heterocycles. The summed E-state index contributed by atoms with van der Waals surface area (Å²) in [6.07, 6.45) is 15.8. The van der Waals surface area contributed by atoms with Crippen molar-refractivity contribution in [2.45, 2.75) is 38.5 Å². The van der Waals surface area contributed by atoms with Crippen LogP contribution in [0.1, 0.15) is 64.9 Å². The molecule has 3 aromatic rings. The molecule has 0 radical (unpaired) electrons. The highest BCUT2D eigenvalue weighted by Crippen LogP contribution is 2.19. The first-order chi connectivity index (χ1) is 14.1. The number of hydrogen-bond acceptors (Lipinski definition) is 4. The van der Waals surface area contributed by atoms with Crippen LogP contribution in [0.2, 0.25) is 0 Å². The number of nitrogens with zero attached hydrogens (tertiary/aromatic N) is 2. The first kappa shape index (κ1) is 20.1. The summed E-state index contributed by atoms with van der Waals surface area (Å²) < 4.78 is 0. The maximum Gasteiger partial charge on any atom is 0.337 e. The minimum Gasteiger partial charge on any atom is -0.478 e. The van der Waals surface area contributed by atoms with E-state index in [1.165, 1.54) is 50.8 Å². The maximum absolute atomic E-state index is 12.2. The van der Waals surface area contributed by atoms with Crippen molar-refractivity contribution in [1.29, 1.82) is 0 Å². The summed E-state index contributed by atoms with van der Waals surface area (Å²) in [5, 5.41) is 11.7. The van der Waals surface area contributed by atoms with Crippen molar-refractivity contribution in [3.63, 3.8) is 0 Å². The van der Waals surface area contributed by atoms with Crippen molar-refractivity contribution in [3.05, 3.63) is 53.3 Å². The molecule has 1 aliphatic carbocycles. The van der Waals surface area contributed by atoms with E-state index in [1.807, 2.05) is 0 Å². The fraction of sp³-hybridized carbons (Fsp3) is 0.273. The lowest BCUT2D eigenvalue weighted by atomic mass is 10.0. The Morgan fingerprint density at radius 1 is 1.07 bits per heavy atom. The van der Waals surface area contributed by atoms with Gasteiger partial charge in [-0.3, -0.25) is 10.1 Å². The number of nitrogens with one attached hydrogen (secondary N) is 2. The molecule has 0 spiro atoms. The first-order valence-electron chi connectivity index (χ1n) is 9.55. The number of para-hydroxylation sites is 1. The lowest BCUT2D eigenvalue weighted by Crippen LogP contribution is -2.16. The molecule has 1 amide bonds. The molecule has 1 fully saturated rings. The second kappa shape index (κ2) is 9.51. The number of hydrogen-bond donors (Lipinski definition) is 3. The zero-order valence-corrected chi connectivity index (χ0v) is 15.9. The number of carboxylic acid groups (broad SMARTS) is 1. The Kier molecular flexibility index (Phi) is 6.59. The molecule has 7 nitrogen and oxygen atoms in total. The van der Waals surface area contributed by atoms with Gasteiger partial charge in [-0.2, -0.15) is 0 Å². The Hall–Kier alpha value is -3.66. The van der Waals surface area contributed by atoms with Crippen molar-refractivity contribution >= 4 is 28.9 Å². The average Bonchev–Trinajstić information content (AvgIpc) is 3.17. The van der Waals surface area contributed by atoms with Gasteiger partial charge in [-0.25, -0.2) is 14.8 Å². The standard InChI is InChI=1S/C16H10N4O3.C6H12/c1-2-9-5-4-8-17-12(9)14(21)20-16-18-11-7-3-6-10(15(22)23)13(11)19-16;1-2-4-6-5-3-1/h1,3-8H,(H,22,23)(H2,18,19,20,21);1-6H2. The smallest absolute Gasteiger partial charge is 0.337 e. The Bertz CT molecular complexity index is 1050. The Labute approximate surface area is 168 Å². The number of fused-ring (bicyclic) bond motifs is 1. The highest BCUT2D eigenvalue weighted by atomic mass is 16.4. The van der Waals surface area contributed by atoms with Gasteiger partial charge >= 0.3 is 5.97 Å². The Morgan fingerprint density at radius 2 is 1.76 bits per heavy atom. The molecule has 0 saturated heterocycles. The number of aromatic amines is 1. The number of amides is 1. The summed E-state index contributed by atoms with van der Waals surface area (Å²) >= 11 is 0. The van der Waals surface area contributed by atoms with E-state index in [0.29, 0.717) is 11.1 Å². The van der Waals surface area contributed by atoms with Crippen molar-refractivity contribution < 1.29 is 14.7 Å². The van der Waals surface area contributed by atoms with Gasteiger partial charge in [-0.15, -0.1) is 6.42 Å². The predicted octanol–water partition coefficient (Wildman–Crippen LogP) is 4.23. The fourth-order valence-corrected chi connectivity index (χ4v) is 3.19. The number of pyridine rings is 1. The van der Waals surface area contributed by atoms with E-state index < -0.39 is 11.9 Å². The number of rotatable bonds is 3. The number of imidazole rings is 1. The lowest BCUT2D eigenvalue weighted by Gasteiger charge is -2.05. The third-order valence-corrected chi connectivity index (χ3v) is 4.65. The number of carbonyl (C=O) groups excluding carboxylic acids is 1. The number of aromatic nitrogens is 3. The second-order valence-corrected chi connectivity index (χ2v) is 6.71. The van der Waals surface area contributed by atoms with E-state index in [1.54, 1.807) is 24.3 Å².